The molecule has 1 aromatic carbocycles. The average Bonchev–Trinajstić information content (AvgIpc) is 2.46. The zero-order valence-corrected chi connectivity index (χ0v) is 12.6. The van der Waals surface area contributed by atoms with E-state index in [1.54, 1.807) is 12.3 Å². The van der Waals surface area contributed by atoms with Crippen LogP contribution < -0.4 is 11.1 Å². The van der Waals surface area contributed by atoms with E-state index in [-0.39, 0.29) is 11.9 Å². The summed E-state index contributed by atoms with van der Waals surface area (Å²) < 4.78 is 13.6. The summed E-state index contributed by atoms with van der Waals surface area (Å²) in [7, 11) is 0. The van der Waals surface area contributed by atoms with Crippen molar-refractivity contribution in [3.8, 4) is 0 Å². The number of halogens is 1. The van der Waals surface area contributed by atoms with Gasteiger partial charge in [-0.2, -0.15) is 0 Å². The fourth-order valence-electron chi connectivity index (χ4n) is 2.45. The molecule has 0 aliphatic heterocycles. The van der Waals surface area contributed by atoms with Gasteiger partial charge in [-0.15, -0.1) is 0 Å². The van der Waals surface area contributed by atoms with Gasteiger partial charge in [-0.1, -0.05) is 13.0 Å². The number of nitrogen functional groups attached to an aromatic ring is 1. The molecule has 21 heavy (non-hydrogen) atoms. The molecule has 2 rings (SSSR count). The van der Waals surface area contributed by atoms with Gasteiger partial charge < -0.3 is 11.1 Å². The van der Waals surface area contributed by atoms with Gasteiger partial charge in [-0.25, -0.2) is 9.37 Å². The summed E-state index contributed by atoms with van der Waals surface area (Å²) in [4.78, 5) is 4.01. The van der Waals surface area contributed by atoms with Crippen molar-refractivity contribution in [1.29, 1.82) is 0 Å². The van der Waals surface area contributed by atoms with Crippen LogP contribution in [0.1, 0.15) is 36.1 Å². The number of nitrogens with one attached hydrogen (secondary N) is 1. The number of hydrogen-bond donors (Lipinski definition) is 2. The Morgan fingerprint density at radius 2 is 2.10 bits per heavy atom. The first-order valence-corrected chi connectivity index (χ1v) is 7.30. The smallest absolute Gasteiger partial charge is 0.123 e. The van der Waals surface area contributed by atoms with E-state index in [9.17, 15) is 4.39 Å². The van der Waals surface area contributed by atoms with Gasteiger partial charge in [-0.05, 0) is 67.3 Å². The van der Waals surface area contributed by atoms with E-state index in [0.717, 1.165) is 36.1 Å². The summed E-state index contributed by atoms with van der Waals surface area (Å²) in [5, 5.41) is 3.49. The second-order valence-corrected chi connectivity index (χ2v) is 5.30. The molecule has 0 radical (unpaired) electrons. The molecular formula is C17H22FN3. The molecule has 1 unspecified atom stereocenters. The minimum Gasteiger partial charge on any atom is -0.384 e. The number of aryl methyl sites for hydroxylation is 1. The molecule has 0 saturated carbocycles. The maximum atomic E-state index is 13.6. The lowest BCUT2D eigenvalue weighted by molar-refractivity contribution is 0.522. The standard InChI is InChI=1S/C17H22FN3/c1-3-7-20-16(9-13-6-8-21-17(19)10-13)15-11-14(18)5-4-12(15)2/h4-6,8,10-11,16,20H,3,7,9H2,1-2H3,(H2,19,21). The van der Waals surface area contributed by atoms with Crippen molar-refractivity contribution in [2.75, 3.05) is 12.3 Å². The van der Waals surface area contributed by atoms with E-state index in [4.69, 9.17) is 5.73 Å². The predicted molar refractivity (Wildman–Crippen MR) is 84.5 cm³/mol. The highest BCUT2D eigenvalue weighted by molar-refractivity contribution is 5.35. The van der Waals surface area contributed by atoms with Crippen molar-refractivity contribution in [2.45, 2.75) is 32.7 Å². The van der Waals surface area contributed by atoms with Gasteiger partial charge in [-0.3, -0.25) is 0 Å². The summed E-state index contributed by atoms with van der Waals surface area (Å²) in [5.41, 5.74) is 8.92. The Hall–Kier alpha value is -1.94. The first-order chi connectivity index (χ1) is 10.1. The molecule has 1 heterocycles. The van der Waals surface area contributed by atoms with E-state index in [1.165, 1.54) is 6.07 Å². The van der Waals surface area contributed by atoms with Gasteiger partial charge in [0.1, 0.15) is 11.6 Å². The van der Waals surface area contributed by atoms with Crippen molar-refractivity contribution < 1.29 is 4.39 Å². The minimum atomic E-state index is -0.201. The maximum absolute atomic E-state index is 13.6. The third kappa shape index (κ3) is 4.26. The summed E-state index contributed by atoms with van der Waals surface area (Å²) in [5.74, 6) is 0.311. The highest BCUT2D eigenvalue weighted by atomic mass is 19.1. The number of benzene rings is 1. The number of anilines is 1. The number of aromatic nitrogens is 1. The van der Waals surface area contributed by atoms with Gasteiger partial charge in [0.15, 0.2) is 0 Å². The summed E-state index contributed by atoms with van der Waals surface area (Å²) in [6.45, 7) is 5.02. The SMILES string of the molecule is CCCNC(Cc1ccnc(N)c1)c1cc(F)ccc1C. The van der Waals surface area contributed by atoms with Gasteiger partial charge in [0.05, 0.1) is 0 Å². The Labute approximate surface area is 125 Å². The van der Waals surface area contributed by atoms with Crippen molar-refractivity contribution in [2.24, 2.45) is 0 Å². The quantitative estimate of drug-likeness (QED) is 0.856. The zero-order chi connectivity index (χ0) is 15.2. The Morgan fingerprint density at radius 3 is 2.81 bits per heavy atom. The Bertz CT molecular complexity index is 598. The molecule has 3 N–H and O–H groups in total. The molecule has 4 heteroatoms. The van der Waals surface area contributed by atoms with Crippen LogP contribution in [-0.4, -0.2) is 11.5 Å². The second-order valence-electron chi connectivity index (χ2n) is 5.30. The van der Waals surface area contributed by atoms with Crippen LogP contribution in [0.25, 0.3) is 0 Å². The van der Waals surface area contributed by atoms with Crippen LogP contribution in [0.5, 0.6) is 0 Å². The Kier molecular flexibility index (Phi) is 5.28. The van der Waals surface area contributed by atoms with Crippen molar-refractivity contribution >= 4 is 5.82 Å². The van der Waals surface area contributed by atoms with Crippen LogP contribution in [0.2, 0.25) is 0 Å². The highest BCUT2D eigenvalue weighted by Gasteiger charge is 2.15. The topological polar surface area (TPSA) is 50.9 Å². The van der Waals surface area contributed by atoms with E-state index in [1.807, 2.05) is 25.1 Å². The monoisotopic (exact) mass is 287 g/mol. The fourth-order valence-corrected chi connectivity index (χ4v) is 2.45. The molecule has 1 atom stereocenters. The van der Waals surface area contributed by atoms with Crippen molar-refractivity contribution in [3.05, 3.63) is 59.0 Å². The molecule has 3 nitrogen and oxygen atoms in total. The van der Waals surface area contributed by atoms with Gasteiger partial charge in [0.2, 0.25) is 0 Å². The predicted octanol–water partition coefficient (Wildman–Crippen LogP) is 3.39. The largest absolute Gasteiger partial charge is 0.384 e. The molecule has 0 aliphatic carbocycles. The molecular weight excluding hydrogens is 265 g/mol. The van der Waals surface area contributed by atoms with Gasteiger partial charge in [0.25, 0.3) is 0 Å². The Balaban J connectivity index is 2.27. The normalized spacial score (nSPS) is 12.3. The third-order valence-electron chi connectivity index (χ3n) is 3.54. The van der Waals surface area contributed by atoms with Crippen molar-refractivity contribution in [1.82, 2.24) is 10.3 Å². The van der Waals surface area contributed by atoms with Crippen LogP contribution in [0.15, 0.2) is 36.5 Å². The molecule has 0 bridgehead atoms. The maximum Gasteiger partial charge on any atom is 0.123 e. The molecule has 1 aromatic heterocycles. The van der Waals surface area contributed by atoms with E-state index < -0.39 is 0 Å². The minimum absolute atomic E-state index is 0.0717. The summed E-state index contributed by atoms with van der Waals surface area (Å²) in [6.07, 6.45) is 3.50. The first kappa shape index (κ1) is 15.4. The van der Waals surface area contributed by atoms with E-state index in [2.05, 4.69) is 17.2 Å². The van der Waals surface area contributed by atoms with Gasteiger partial charge in [0, 0.05) is 12.2 Å². The van der Waals surface area contributed by atoms with E-state index in [0.29, 0.717) is 5.82 Å². The number of pyridine rings is 1. The van der Waals surface area contributed by atoms with Crippen LogP contribution >= 0.6 is 0 Å². The molecule has 0 amide bonds. The molecule has 0 spiro atoms. The molecule has 0 aliphatic rings. The molecule has 112 valence electrons. The lowest BCUT2D eigenvalue weighted by Gasteiger charge is -2.21. The lowest BCUT2D eigenvalue weighted by Crippen LogP contribution is -2.25. The number of rotatable bonds is 6. The zero-order valence-electron chi connectivity index (χ0n) is 12.6. The molecule has 2 aromatic rings. The van der Waals surface area contributed by atoms with Gasteiger partial charge >= 0.3 is 0 Å². The number of nitrogens with zero attached hydrogens (tertiary/aromatic N) is 1. The highest BCUT2D eigenvalue weighted by Crippen LogP contribution is 2.23. The van der Waals surface area contributed by atoms with E-state index >= 15 is 0 Å². The Morgan fingerprint density at radius 1 is 1.29 bits per heavy atom. The third-order valence-corrected chi connectivity index (χ3v) is 3.54. The lowest BCUT2D eigenvalue weighted by atomic mass is 9.95. The van der Waals surface area contributed by atoms with Crippen molar-refractivity contribution in [3.63, 3.8) is 0 Å². The van der Waals surface area contributed by atoms with Crippen LogP contribution in [-0.2, 0) is 6.42 Å². The first-order valence-electron chi connectivity index (χ1n) is 7.30. The average molecular weight is 287 g/mol. The van der Waals surface area contributed by atoms with Crippen LogP contribution in [0, 0.1) is 12.7 Å². The second kappa shape index (κ2) is 7.18. The molecule has 0 fully saturated rings. The number of hydrogen-bond acceptors (Lipinski definition) is 3. The number of nitrogens with two attached hydrogens (primary N) is 1. The summed E-state index contributed by atoms with van der Waals surface area (Å²) >= 11 is 0. The van der Waals surface area contributed by atoms with Crippen LogP contribution in [0.4, 0.5) is 10.2 Å². The summed E-state index contributed by atoms with van der Waals surface area (Å²) in [6, 6.07) is 8.84. The molecule has 0 saturated heterocycles. The fraction of sp³-hybridized carbons (Fsp3) is 0.353. The van der Waals surface area contributed by atoms with Crippen LogP contribution in [0.3, 0.4) is 0 Å².